The highest BCUT2D eigenvalue weighted by atomic mass is 16.5. The molecule has 1 fully saturated rings. The first kappa shape index (κ1) is 25.5. The van der Waals surface area contributed by atoms with E-state index in [1.807, 2.05) is 38.1 Å². The van der Waals surface area contributed by atoms with E-state index < -0.39 is 12.2 Å². The number of hydrogen-bond donors (Lipinski definition) is 3. The Hall–Kier alpha value is -2.12. The van der Waals surface area contributed by atoms with E-state index in [-0.39, 0.29) is 23.4 Å². The maximum atomic E-state index is 13.4. The molecule has 4 N–H and O–H groups in total. The van der Waals surface area contributed by atoms with Crippen LogP contribution in [0.15, 0.2) is 24.3 Å². The highest BCUT2D eigenvalue weighted by molar-refractivity contribution is 5.95. The molecular formula is C26H41N3O4. The highest BCUT2D eigenvalue weighted by Gasteiger charge is 2.34. The molecule has 0 bridgehead atoms. The van der Waals surface area contributed by atoms with E-state index in [2.05, 4.69) is 5.32 Å². The number of carbonyl (C=O) groups excluding carboxylic acids is 2. The molecule has 0 saturated heterocycles. The van der Waals surface area contributed by atoms with Gasteiger partial charge in [0.05, 0.1) is 19.3 Å². The van der Waals surface area contributed by atoms with Gasteiger partial charge in [0, 0.05) is 24.7 Å². The zero-order valence-electron chi connectivity index (χ0n) is 20.4. The van der Waals surface area contributed by atoms with Gasteiger partial charge in [0.25, 0.3) is 0 Å². The molecule has 1 heterocycles. The molecule has 1 unspecified atom stereocenters. The Morgan fingerprint density at radius 2 is 1.94 bits per heavy atom. The highest BCUT2D eigenvalue weighted by Crippen LogP contribution is 2.34. The SMILES string of the molecule is COC(=O)NC1Cc2ccccc2N(C(=O)CC(C)(C)C[C@H](N)[C@@H](O)CC2CCCCC2)C1. The fourth-order valence-corrected chi connectivity index (χ4v) is 5.44. The molecule has 2 amide bonds. The first-order chi connectivity index (χ1) is 15.7. The summed E-state index contributed by atoms with van der Waals surface area (Å²) in [6.45, 7) is 4.48. The van der Waals surface area contributed by atoms with Crippen molar-refractivity contribution in [3.8, 4) is 0 Å². The summed E-state index contributed by atoms with van der Waals surface area (Å²) in [5, 5.41) is 13.6. The van der Waals surface area contributed by atoms with Crippen LogP contribution in [0, 0.1) is 11.3 Å². The number of ether oxygens (including phenoxy) is 1. The van der Waals surface area contributed by atoms with Gasteiger partial charge in [-0.15, -0.1) is 0 Å². The van der Waals surface area contributed by atoms with Crippen molar-refractivity contribution in [3.05, 3.63) is 29.8 Å². The van der Waals surface area contributed by atoms with Crippen LogP contribution in [0.25, 0.3) is 0 Å². The third-order valence-electron chi connectivity index (χ3n) is 7.17. The van der Waals surface area contributed by atoms with Crippen LogP contribution < -0.4 is 16.0 Å². The van der Waals surface area contributed by atoms with Crippen molar-refractivity contribution >= 4 is 17.7 Å². The minimum atomic E-state index is -0.535. The number of fused-ring (bicyclic) bond motifs is 1. The lowest BCUT2D eigenvalue weighted by Gasteiger charge is -2.37. The van der Waals surface area contributed by atoms with Crippen LogP contribution in [-0.4, -0.2) is 48.9 Å². The number of nitrogens with two attached hydrogens (primary N) is 1. The van der Waals surface area contributed by atoms with Gasteiger partial charge in [-0.1, -0.05) is 64.2 Å². The Balaban J connectivity index is 1.62. The van der Waals surface area contributed by atoms with Crippen LogP contribution in [0.3, 0.4) is 0 Å². The second-order valence-electron chi connectivity index (χ2n) is 10.7. The summed E-state index contributed by atoms with van der Waals surface area (Å²) < 4.78 is 4.75. The average molecular weight is 460 g/mol. The van der Waals surface area contributed by atoms with Crippen LogP contribution in [0.1, 0.15) is 70.8 Å². The number of nitrogens with zero attached hydrogens (tertiary/aromatic N) is 1. The van der Waals surface area contributed by atoms with Gasteiger partial charge in [-0.3, -0.25) is 4.79 Å². The number of nitrogens with one attached hydrogen (secondary N) is 1. The van der Waals surface area contributed by atoms with Gasteiger partial charge in [0.15, 0.2) is 0 Å². The Labute approximate surface area is 198 Å². The molecular weight excluding hydrogens is 418 g/mol. The molecule has 7 nitrogen and oxygen atoms in total. The summed E-state index contributed by atoms with van der Waals surface area (Å²) in [5.74, 6) is 0.562. The van der Waals surface area contributed by atoms with Crippen molar-refractivity contribution in [3.63, 3.8) is 0 Å². The molecule has 1 aromatic rings. The standard InChI is InChI=1S/C26H41N3O4/c1-26(2,15-21(27)23(30)13-18-9-5-4-6-10-18)16-24(31)29-17-20(28-25(32)33-3)14-19-11-7-8-12-22(19)29/h7-8,11-12,18,20-21,23,30H,4-6,9-10,13-17,27H2,1-3H3,(H,28,32)/t20?,21-,23-/m0/s1. The third-order valence-corrected chi connectivity index (χ3v) is 7.17. The lowest BCUT2D eigenvalue weighted by molar-refractivity contribution is -0.120. The summed E-state index contributed by atoms with van der Waals surface area (Å²) in [6.07, 6.45) is 7.41. The maximum absolute atomic E-state index is 13.4. The van der Waals surface area contributed by atoms with Gasteiger partial charge >= 0.3 is 6.09 Å². The Bertz CT molecular complexity index is 806. The summed E-state index contributed by atoms with van der Waals surface area (Å²) >= 11 is 0. The molecule has 1 saturated carbocycles. The molecule has 1 aliphatic heterocycles. The second kappa shape index (κ2) is 11.3. The van der Waals surface area contributed by atoms with Crippen molar-refractivity contribution < 1.29 is 19.4 Å². The summed E-state index contributed by atoms with van der Waals surface area (Å²) in [4.78, 5) is 26.9. The van der Waals surface area contributed by atoms with Gasteiger partial charge in [0.2, 0.25) is 5.91 Å². The first-order valence-electron chi connectivity index (χ1n) is 12.3. The summed E-state index contributed by atoms with van der Waals surface area (Å²) in [5.41, 5.74) is 7.96. The summed E-state index contributed by atoms with van der Waals surface area (Å²) in [6, 6.07) is 7.25. The third kappa shape index (κ3) is 7.18. The molecule has 2 aliphatic rings. The zero-order valence-corrected chi connectivity index (χ0v) is 20.4. The van der Waals surface area contributed by atoms with Gasteiger partial charge in [-0.25, -0.2) is 4.79 Å². The van der Waals surface area contributed by atoms with Crippen LogP contribution in [0.5, 0.6) is 0 Å². The molecule has 0 spiro atoms. The van der Waals surface area contributed by atoms with Gasteiger partial charge < -0.3 is 25.8 Å². The number of alkyl carbamates (subject to hydrolysis) is 1. The van der Waals surface area contributed by atoms with Crippen molar-refractivity contribution in [1.29, 1.82) is 0 Å². The van der Waals surface area contributed by atoms with Crippen LogP contribution in [0.4, 0.5) is 10.5 Å². The smallest absolute Gasteiger partial charge is 0.407 e. The molecule has 1 aliphatic carbocycles. The van der Waals surface area contributed by atoms with E-state index in [0.29, 0.717) is 31.7 Å². The number of benzene rings is 1. The molecule has 184 valence electrons. The lowest BCUT2D eigenvalue weighted by Crippen LogP contribution is -2.51. The number of para-hydroxylation sites is 1. The van der Waals surface area contributed by atoms with Crippen molar-refractivity contribution in [2.75, 3.05) is 18.6 Å². The molecule has 0 aromatic heterocycles. The van der Waals surface area contributed by atoms with Crippen LogP contribution in [0.2, 0.25) is 0 Å². The minimum absolute atomic E-state index is 0.00205. The van der Waals surface area contributed by atoms with Crippen LogP contribution >= 0.6 is 0 Å². The minimum Gasteiger partial charge on any atom is -0.453 e. The van der Waals surface area contributed by atoms with E-state index >= 15 is 0 Å². The maximum Gasteiger partial charge on any atom is 0.407 e. The number of methoxy groups -OCH3 is 1. The van der Waals surface area contributed by atoms with Gasteiger partial charge in [-0.2, -0.15) is 0 Å². The van der Waals surface area contributed by atoms with Crippen molar-refractivity contribution in [2.45, 2.75) is 89.8 Å². The number of rotatable bonds is 8. The number of amides is 2. The van der Waals surface area contributed by atoms with E-state index in [9.17, 15) is 14.7 Å². The Kier molecular flexibility index (Phi) is 8.76. The molecule has 1 aromatic carbocycles. The van der Waals surface area contributed by atoms with E-state index in [1.165, 1.54) is 39.2 Å². The Morgan fingerprint density at radius 3 is 2.64 bits per heavy atom. The van der Waals surface area contributed by atoms with Gasteiger partial charge in [-0.05, 0) is 42.2 Å². The number of aliphatic hydroxyl groups is 1. The number of anilines is 1. The molecule has 7 heteroatoms. The quantitative estimate of drug-likeness (QED) is 0.549. The van der Waals surface area contributed by atoms with Crippen molar-refractivity contribution in [2.24, 2.45) is 17.1 Å². The van der Waals surface area contributed by atoms with E-state index in [4.69, 9.17) is 10.5 Å². The number of aliphatic hydroxyl groups excluding tert-OH is 1. The molecule has 3 atom stereocenters. The van der Waals surface area contributed by atoms with E-state index in [1.54, 1.807) is 4.90 Å². The van der Waals surface area contributed by atoms with Gasteiger partial charge in [0.1, 0.15) is 0 Å². The van der Waals surface area contributed by atoms with Crippen molar-refractivity contribution in [1.82, 2.24) is 5.32 Å². The van der Waals surface area contributed by atoms with Crippen LogP contribution in [-0.2, 0) is 16.0 Å². The fraction of sp³-hybridized carbons (Fsp3) is 0.692. The lowest BCUT2D eigenvalue weighted by atomic mass is 9.78. The fourth-order valence-electron chi connectivity index (χ4n) is 5.44. The predicted octanol–water partition coefficient (Wildman–Crippen LogP) is 3.77. The second-order valence-corrected chi connectivity index (χ2v) is 10.7. The first-order valence-corrected chi connectivity index (χ1v) is 12.3. The Morgan fingerprint density at radius 1 is 1.24 bits per heavy atom. The molecule has 3 rings (SSSR count). The predicted molar refractivity (Wildman–Crippen MR) is 130 cm³/mol. The average Bonchev–Trinajstić information content (AvgIpc) is 2.78. The zero-order chi connectivity index (χ0) is 24.0. The number of carbonyl (C=O) groups is 2. The number of hydrogen-bond acceptors (Lipinski definition) is 5. The largest absolute Gasteiger partial charge is 0.453 e. The molecule has 0 radical (unpaired) electrons. The molecule has 33 heavy (non-hydrogen) atoms. The topological polar surface area (TPSA) is 105 Å². The van der Waals surface area contributed by atoms with E-state index in [0.717, 1.165) is 17.7 Å². The summed E-state index contributed by atoms with van der Waals surface area (Å²) in [7, 11) is 1.34. The monoisotopic (exact) mass is 459 g/mol. The normalized spacial score (nSPS) is 21.1.